The molecule has 1 aromatic carbocycles. The predicted octanol–water partition coefficient (Wildman–Crippen LogP) is 2.70. The Labute approximate surface area is 164 Å². The van der Waals surface area contributed by atoms with E-state index in [1.165, 1.54) is 29.4 Å². The van der Waals surface area contributed by atoms with E-state index in [0.29, 0.717) is 11.4 Å². The molecule has 2 aromatic heterocycles. The third-order valence-corrected chi connectivity index (χ3v) is 6.03. The molecule has 0 atom stereocenters. The fourth-order valence-corrected chi connectivity index (χ4v) is 4.39. The number of thiophene rings is 1. The van der Waals surface area contributed by atoms with E-state index in [-0.39, 0.29) is 22.9 Å². The fourth-order valence-electron chi connectivity index (χ4n) is 3.02. The normalized spacial score (nSPS) is 14.4. The van der Waals surface area contributed by atoms with Crippen LogP contribution in [0.15, 0.2) is 34.8 Å². The third kappa shape index (κ3) is 4.39. The topological polar surface area (TPSA) is 110 Å². The highest BCUT2D eigenvalue weighted by Gasteiger charge is 2.20. The van der Waals surface area contributed by atoms with Gasteiger partial charge in [-0.15, -0.1) is 23.1 Å². The minimum absolute atomic E-state index is 0. The van der Waals surface area contributed by atoms with Crippen LogP contribution in [-0.2, 0) is 0 Å². The van der Waals surface area contributed by atoms with Gasteiger partial charge in [0.2, 0.25) is 5.88 Å². The summed E-state index contributed by atoms with van der Waals surface area (Å²) in [7, 11) is 0. The van der Waals surface area contributed by atoms with Gasteiger partial charge in [0.15, 0.2) is 0 Å². The molecule has 0 bridgehead atoms. The van der Waals surface area contributed by atoms with Crippen LogP contribution in [0.5, 0.6) is 5.88 Å². The lowest BCUT2D eigenvalue weighted by molar-refractivity contribution is 0.158. The van der Waals surface area contributed by atoms with E-state index in [4.69, 9.17) is 4.74 Å². The first-order valence-corrected chi connectivity index (χ1v) is 10.3. The van der Waals surface area contributed by atoms with Crippen molar-refractivity contribution in [1.82, 2.24) is 15.3 Å². The summed E-state index contributed by atoms with van der Waals surface area (Å²) >= 11 is 3.03. The SMILES string of the molecule is CSc1ccc(-c2csc3c(OC4CCNCC4)ncnc23)c(F)c1.O.O. The van der Waals surface area contributed by atoms with Crippen molar-refractivity contribution in [3.8, 4) is 17.0 Å². The van der Waals surface area contributed by atoms with Gasteiger partial charge in [-0.1, -0.05) is 6.07 Å². The molecular weight excluding hydrogens is 389 g/mol. The largest absolute Gasteiger partial charge is 0.473 e. The van der Waals surface area contributed by atoms with E-state index in [0.717, 1.165) is 46.6 Å². The van der Waals surface area contributed by atoms with Crippen molar-refractivity contribution in [3.63, 3.8) is 0 Å². The van der Waals surface area contributed by atoms with Crippen LogP contribution >= 0.6 is 23.1 Å². The lowest BCUT2D eigenvalue weighted by Crippen LogP contribution is -2.34. The fraction of sp³-hybridized carbons (Fsp3) is 0.333. The molecule has 0 aliphatic carbocycles. The second-order valence-corrected chi connectivity index (χ2v) is 7.68. The number of halogens is 1. The smallest absolute Gasteiger partial charge is 0.235 e. The number of hydrogen-bond donors (Lipinski definition) is 1. The van der Waals surface area contributed by atoms with Crippen molar-refractivity contribution in [2.75, 3.05) is 19.3 Å². The number of nitrogens with one attached hydrogen (secondary N) is 1. The zero-order chi connectivity index (χ0) is 17.2. The Morgan fingerprint density at radius 3 is 2.67 bits per heavy atom. The van der Waals surface area contributed by atoms with Gasteiger partial charge in [0.1, 0.15) is 22.9 Å². The maximum atomic E-state index is 14.5. The number of hydrogen-bond acceptors (Lipinski definition) is 6. The van der Waals surface area contributed by atoms with E-state index in [1.54, 1.807) is 6.07 Å². The number of fused-ring (bicyclic) bond motifs is 1. The van der Waals surface area contributed by atoms with Crippen LogP contribution in [-0.4, -0.2) is 46.4 Å². The molecule has 6 nitrogen and oxygen atoms in total. The molecule has 0 spiro atoms. The number of benzene rings is 1. The van der Waals surface area contributed by atoms with Gasteiger partial charge in [0.25, 0.3) is 0 Å². The zero-order valence-corrected chi connectivity index (χ0v) is 16.4. The maximum absolute atomic E-state index is 14.5. The molecule has 1 aliphatic heterocycles. The van der Waals surface area contributed by atoms with Gasteiger partial charge in [-0.3, -0.25) is 0 Å². The minimum atomic E-state index is -0.231. The van der Waals surface area contributed by atoms with Gasteiger partial charge in [0.05, 0.1) is 5.52 Å². The molecular formula is C18H22FN3O3S2. The zero-order valence-electron chi connectivity index (χ0n) is 14.8. The summed E-state index contributed by atoms with van der Waals surface area (Å²) in [5.74, 6) is 0.375. The van der Waals surface area contributed by atoms with Crippen molar-refractivity contribution >= 4 is 33.3 Å². The molecule has 4 rings (SSSR count). The van der Waals surface area contributed by atoms with Crippen molar-refractivity contribution in [1.29, 1.82) is 0 Å². The monoisotopic (exact) mass is 411 g/mol. The molecule has 146 valence electrons. The molecule has 27 heavy (non-hydrogen) atoms. The molecule has 1 fully saturated rings. The van der Waals surface area contributed by atoms with E-state index < -0.39 is 0 Å². The molecule has 0 amide bonds. The van der Waals surface area contributed by atoms with Crippen LogP contribution in [0.4, 0.5) is 4.39 Å². The van der Waals surface area contributed by atoms with Gasteiger partial charge in [0, 0.05) is 21.4 Å². The Bertz CT molecular complexity index is 901. The van der Waals surface area contributed by atoms with Crippen LogP contribution in [0.25, 0.3) is 21.3 Å². The highest BCUT2D eigenvalue weighted by molar-refractivity contribution is 7.98. The Morgan fingerprint density at radius 1 is 1.19 bits per heavy atom. The number of rotatable bonds is 4. The lowest BCUT2D eigenvalue weighted by Gasteiger charge is -2.23. The van der Waals surface area contributed by atoms with Crippen molar-refractivity contribution < 1.29 is 20.1 Å². The van der Waals surface area contributed by atoms with Crippen LogP contribution in [0.1, 0.15) is 12.8 Å². The van der Waals surface area contributed by atoms with Crippen LogP contribution in [0.3, 0.4) is 0 Å². The second kappa shape index (κ2) is 9.43. The molecule has 0 radical (unpaired) electrons. The number of nitrogens with zero attached hydrogens (tertiary/aromatic N) is 2. The molecule has 1 saturated heterocycles. The number of thioether (sulfide) groups is 1. The average Bonchev–Trinajstić information content (AvgIpc) is 3.07. The minimum Gasteiger partial charge on any atom is -0.473 e. The van der Waals surface area contributed by atoms with E-state index in [9.17, 15) is 4.39 Å². The van der Waals surface area contributed by atoms with Crippen LogP contribution < -0.4 is 10.1 Å². The van der Waals surface area contributed by atoms with E-state index >= 15 is 0 Å². The summed E-state index contributed by atoms with van der Waals surface area (Å²) in [6.07, 6.45) is 5.54. The Kier molecular flexibility index (Phi) is 7.51. The lowest BCUT2D eigenvalue weighted by atomic mass is 10.1. The van der Waals surface area contributed by atoms with Crippen molar-refractivity contribution in [2.45, 2.75) is 23.8 Å². The predicted molar refractivity (Wildman–Crippen MR) is 108 cm³/mol. The van der Waals surface area contributed by atoms with Crippen LogP contribution in [0, 0.1) is 5.82 Å². The summed E-state index contributed by atoms with van der Waals surface area (Å²) < 4.78 is 21.5. The number of aromatic nitrogens is 2. The molecule has 3 aromatic rings. The third-order valence-electron chi connectivity index (χ3n) is 4.35. The van der Waals surface area contributed by atoms with Gasteiger partial charge in [-0.25, -0.2) is 14.4 Å². The van der Waals surface area contributed by atoms with Gasteiger partial charge < -0.3 is 21.0 Å². The summed E-state index contributed by atoms with van der Waals surface area (Å²) in [6, 6.07) is 5.31. The highest BCUT2D eigenvalue weighted by atomic mass is 32.2. The first-order valence-electron chi connectivity index (χ1n) is 8.19. The number of ether oxygens (including phenoxy) is 1. The molecule has 9 heteroatoms. The van der Waals surface area contributed by atoms with Gasteiger partial charge >= 0.3 is 0 Å². The number of piperidine rings is 1. The maximum Gasteiger partial charge on any atom is 0.235 e. The van der Waals surface area contributed by atoms with E-state index in [2.05, 4.69) is 15.3 Å². The summed E-state index contributed by atoms with van der Waals surface area (Å²) in [5.41, 5.74) is 2.11. The van der Waals surface area contributed by atoms with Crippen molar-refractivity contribution in [2.24, 2.45) is 0 Å². The van der Waals surface area contributed by atoms with Crippen molar-refractivity contribution in [3.05, 3.63) is 35.7 Å². The standard InChI is InChI=1S/C18H18FN3OS2.2H2O/c1-24-12-2-3-13(15(19)8-12)14-9-25-17-16(14)21-10-22-18(17)23-11-4-6-20-7-5-11;;/h2-3,8-11,20H,4-7H2,1H3;2*1H2. The average molecular weight is 412 g/mol. The molecule has 1 aliphatic rings. The summed E-state index contributed by atoms with van der Waals surface area (Å²) in [6.45, 7) is 1.92. The highest BCUT2D eigenvalue weighted by Crippen LogP contribution is 2.38. The molecule has 3 heterocycles. The Balaban J connectivity index is 0.00000131. The Morgan fingerprint density at radius 2 is 1.96 bits per heavy atom. The first kappa shape index (κ1) is 21.5. The van der Waals surface area contributed by atoms with E-state index in [1.807, 2.05) is 23.8 Å². The van der Waals surface area contributed by atoms with Crippen LogP contribution in [0.2, 0.25) is 0 Å². The van der Waals surface area contributed by atoms with Gasteiger partial charge in [-0.2, -0.15) is 0 Å². The Hall–Kier alpha value is -1.78. The summed E-state index contributed by atoms with van der Waals surface area (Å²) in [4.78, 5) is 9.62. The summed E-state index contributed by atoms with van der Waals surface area (Å²) in [5, 5.41) is 5.26. The van der Waals surface area contributed by atoms with Gasteiger partial charge in [-0.05, 0) is 44.3 Å². The first-order chi connectivity index (χ1) is 12.3. The molecule has 5 N–H and O–H groups in total. The molecule has 0 unspecified atom stereocenters. The second-order valence-electron chi connectivity index (χ2n) is 5.92. The molecule has 0 saturated carbocycles. The quantitative estimate of drug-likeness (QED) is 0.664.